The van der Waals surface area contributed by atoms with Gasteiger partial charge in [0.2, 0.25) is 0 Å². The highest BCUT2D eigenvalue weighted by atomic mass is 32.1. The number of nitrogens with one attached hydrogen (secondary N) is 1. The Labute approximate surface area is 151 Å². The summed E-state index contributed by atoms with van der Waals surface area (Å²) in [6.07, 6.45) is 3.60. The number of hydrogen-bond acceptors (Lipinski definition) is 5. The van der Waals surface area contributed by atoms with Gasteiger partial charge in [0.05, 0.1) is 22.2 Å². The van der Waals surface area contributed by atoms with E-state index in [0.29, 0.717) is 12.1 Å². The minimum atomic E-state index is -0.0982. The Kier molecular flexibility index (Phi) is 4.85. The van der Waals surface area contributed by atoms with E-state index in [1.54, 1.807) is 17.5 Å². The van der Waals surface area contributed by atoms with Gasteiger partial charge in [-0.15, -0.1) is 11.3 Å². The minimum Gasteiger partial charge on any atom is -0.351 e. The summed E-state index contributed by atoms with van der Waals surface area (Å²) in [4.78, 5) is 22.9. The molecule has 3 aromatic rings. The number of carbonyl (C=O) groups excluding carboxylic acids is 1. The Hall–Kier alpha value is -2.28. The van der Waals surface area contributed by atoms with Gasteiger partial charge in [0.1, 0.15) is 0 Å². The van der Waals surface area contributed by atoms with E-state index >= 15 is 0 Å². The van der Waals surface area contributed by atoms with Crippen LogP contribution in [0.1, 0.15) is 58.7 Å². The predicted octanol–water partition coefficient (Wildman–Crippen LogP) is 3.62. The van der Waals surface area contributed by atoms with Crippen LogP contribution >= 0.6 is 11.3 Å². The molecule has 1 unspecified atom stereocenters. The Bertz CT molecular complexity index is 911. The van der Waals surface area contributed by atoms with Gasteiger partial charge in [-0.05, 0) is 33.8 Å². The van der Waals surface area contributed by atoms with E-state index in [-0.39, 0.29) is 17.9 Å². The summed E-state index contributed by atoms with van der Waals surface area (Å²) in [6.45, 7) is 10.7. The molecule has 3 heterocycles. The SMILES string of the molecule is Cc1cc(C(=O)NCC(C)c2ncc(C)s2)c2cnn(C(C)C)c2n1. The van der Waals surface area contributed by atoms with Crippen molar-refractivity contribution >= 4 is 28.3 Å². The fourth-order valence-corrected chi connectivity index (χ4v) is 3.56. The molecule has 3 rings (SSSR count). The lowest BCUT2D eigenvalue weighted by Crippen LogP contribution is -2.27. The molecule has 3 aromatic heterocycles. The molecule has 0 aromatic carbocycles. The molecule has 0 radical (unpaired) electrons. The summed E-state index contributed by atoms with van der Waals surface area (Å²) >= 11 is 1.67. The van der Waals surface area contributed by atoms with Crippen LogP contribution in [0, 0.1) is 13.8 Å². The second-order valence-corrected chi connectivity index (χ2v) is 7.92. The van der Waals surface area contributed by atoms with Crippen molar-refractivity contribution in [1.82, 2.24) is 25.1 Å². The minimum absolute atomic E-state index is 0.0982. The van der Waals surface area contributed by atoms with E-state index in [9.17, 15) is 4.79 Å². The molecule has 132 valence electrons. The van der Waals surface area contributed by atoms with Gasteiger partial charge >= 0.3 is 0 Å². The molecule has 0 aliphatic carbocycles. The number of aryl methyl sites for hydroxylation is 2. The largest absolute Gasteiger partial charge is 0.351 e. The van der Waals surface area contributed by atoms with Crippen LogP contribution in [-0.4, -0.2) is 32.2 Å². The summed E-state index contributed by atoms with van der Waals surface area (Å²) in [5.74, 6) is 0.0818. The molecule has 0 aliphatic rings. The molecule has 25 heavy (non-hydrogen) atoms. The van der Waals surface area contributed by atoms with Crippen molar-refractivity contribution in [3.8, 4) is 0 Å². The second-order valence-electron chi connectivity index (χ2n) is 6.65. The Balaban J connectivity index is 1.82. The van der Waals surface area contributed by atoms with Crippen LogP contribution in [0.2, 0.25) is 0 Å². The van der Waals surface area contributed by atoms with Crippen molar-refractivity contribution < 1.29 is 4.79 Å². The van der Waals surface area contributed by atoms with Crippen molar-refractivity contribution in [2.24, 2.45) is 0 Å². The highest BCUT2D eigenvalue weighted by Crippen LogP contribution is 2.22. The zero-order valence-corrected chi connectivity index (χ0v) is 16.0. The van der Waals surface area contributed by atoms with Crippen molar-refractivity contribution in [2.75, 3.05) is 6.54 Å². The Morgan fingerprint density at radius 2 is 2.04 bits per heavy atom. The van der Waals surface area contributed by atoms with Crippen LogP contribution in [0.25, 0.3) is 11.0 Å². The molecule has 0 bridgehead atoms. The normalized spacial score (nSPS) is 12.7. The van der Waals surface area contributed by atoms with Crippen molar-refractivity contribution in [2.45, 2.75) is 46.6 Å². The van der Waals surface area contributed by atoms with Crippen LogP contribution in [0.5, 0.6) is 0 Å². The van der Waals surface area contributed by atoms with Gasteiger partial charge in [0.25, 0.3) is 5.91 Å². The molecule has 0 fully saturated rings. The summed E-state index contributed by atoms with van der Waals surface area (Å²) < 4.78 is 1.85. The number of thiazole rings is 1. The van der Waals surface area contributed by atoms with E-state index in [1.807, 2.05) is 44.6 Å². The second kappa shape index (κ2) is 6.92. The first-order valence-electron chi connectivity index (χ1n) is 8.42. The molecular weight excluding hydrogens is 334 g/mol. The van der Waals surface area contributed by atoms with Crippen molar-refractivity contribution in [3.63, 3.8) is 0 Å². The van der Waals surface area contributed by atoms with Crippen LogP contribution in [0.15, 0.2) is 18.5 Å². The van der Waals surface area contributed by atoms with E-state index in [1.165, 1.54) is 4.88 Å². The fourth-order valence-electron chi connectivity index (χ4n) is 2.74. The summed E-state index contributed by atoms with van der Waals surface area (Å²) in [5.41, 5.74) is 2.18. The van der Waals surface area contributed by atoms with E-state index in [0.717, 1.165) is 21.7 Å². The van der Waals surface area contributed by atoms with Crippen LogP contribution < -0.4 is 5.32 Å². The van der Waals surface area contributed by atoms with E-state index < -0.39 is 0 Å². The maximum Gasteiger partial charge on any atom is 0.252 e. The molecule has 0 spiro atoms. The zero-order chi connectivity index (χ0) is 18.1. The maximum atomic E-state index is 12.7. The predicted molar refractivity (Wildman–Crippen MR) is 100 cm³/mol. The summed E-state index contributed by atoms with van der Waals surface area (Å²) in [5, 5.41) is 9.25. The Morgan fingerprint density at radius 1 is 1.28 bits per heavy atom. The number of rotatable bonds is 5. The first-order valence-corrected chi connectivity index (χ1v) is 9.24. The maximum absolute atomic E-state index is 12.7. The summed E-state index contributed by atoms with van der Waals surface area (Å²) in [6, 6.07) is 2.01. The first-order chi connectivity index (χ1) is 11.9. The topological polar surface area (TPSA) is 72.7 Å². The number of carbonyl (C=O) groups is 1. The Morgan fingerprint density at radius 3 is 2.68 bits per heavy atom. The molecule has 1 atom stereocenters. The molecule has 0 aliphatic heterocycles. The monoisotopic (exact) mass is 357 g/mol. The van der Waals surface area contributed by atoms with Crippen molar-refractivity contribution in [3.05, 3.63) is 39.6 Å². The van der Waals surface area contributed by atoms with Gasteiger partial charge in [-0.25, -0.2) is 14.6 Å². The molecular formula is C18H23N5OS. The van der Waals surface area contributed by atoms with Gasteiger partial charge < -0.3 is 5.32 Å². The number of hydrogen-bond donors (Lipinski definition) is 1. The summed E-state index contributed by atoms with van der Waals surface area (Å²) in [7, 11) is 0. The number of nitrogens with zero attached hydrogens (tertiary/aromatic N) is 4. The fraction of sp³-hybridized carbons (Fsp3) is 0.444. The first kappa shape index (κ1) is 17.5. The lowest BCUT2D eigenvalue weighted by Gasteiger charge is -2.12. The van der Waals surface area contributed by atoms with Crippen LogP contribution in [0.3, 0.4) is 0 Å². The number of amides is 1. The highest BCUT2D eigenvalue weighted by Gasteiger charge is 2.18. The lowest BCUT2D eigenvalue weighted by atomic mass is 10.1. The number of fused-ring (bicyclic) bond motifs is 1. The van der Waals surface area contributed by atoms with Gasteiger partial charge in [0.15, 0.2) is 5.65 Å². The third-order valence-corrected chi connectivity index (χ3v) is 5.20. The smallest absolute Gasteiger partial charge is 0.252 e. The van der Waals surface area contributed by atoms with Gasteiger partial charge in [-0.3, -0.25) is 4.79 Å². The molecule has 6 nitrogen and oxygen atoms in total. The van der Waals surface area contributed by atoms with Crippen molar-refractivity contribution in [1.29, 1.82) is 0 Å². The lowest BCUT2D eigenvalue weighted by molar-refractivity contribution is 0.0953. The van der Waals surface area contributed by atoms with Crippen LogP contribution in [0.4, 0.5) is 0 Å². The van der Waals surface area contributed by atoms with Crippen LogP contribution in [-0.2, 0) is 0 Å². The van der Waals surface area contributed by atoms with Gasteiger partial charge in [-0.1, -0.05) is 6.92 Å². The third kappa shape index (κ3) is 3.56. The quantitative estimate of drug-likeness (QED) is 0.757. The van der Waals surface area contributed by atoms with E-state index in [4.69, 9.17) is 0 Å². The highest BCUT2D eigenvalue weighted by molar-refractivity contribution is 7.11. The number of aromatic nitrogens is 4. The average molecular weight is 357 g/mol. The molecule has 1 amide bonds. The molecule has 0 saturated heterocycles. The average Bonchev–Trinajstić information content (AvgIpc) is 3.17. The van der Waals surface area contributed by atoms with Gasteiger partial charge in [0, 0.05) is 35.3 Å². The molecule has 7 heteroatoms. The standard InChI is InChI=1S/C18H23N5OS/c1-10(2)23-16-15(9-21-23)14(6-12(4)22-16)17(24)19-7-11(3)18-20-8-13(5)25-18/h6,8-11H,7H2,1-5H3,(H,19,24). The number of pyridine rings is 1. The molecule has 1 N–H and O–H groups in total. The zero-order valence-electron chi connectivity index (χ0n) is 15.2. The van der Waals surface area contributed by atoms with Gasteiger partial charge in [-0.2, -0.15) is 5.10 Å². The van der Waals surface area contributed by atoms with E-state index in [2.05, 4.69) is 27.3 Å². The molecule has 0 saturated carbocycles. The third-order valence-electron chi connectivity index (χ3n) is 4.06.